The Morgan fingerprint density at radius 2 is 2.10 bits per heavy atom. The molecule has 2 rings (SSSR count). The third-order valence-corrected chi connectivity index (χ3v) is 5.58. The SMILES string of the molecule is CCNc1cccnc1S(=O)(=O)NCC1(N(C)C)CCC1. The van der Waals surface area contributed by atoms with Crippen molar-refractivity contribution in [2.75, 3.05) is 32.5 Å². The van der Waals surface area contributed by atoms with E-state index in [1.54, 1.807) is 12.1 Å². The molecule has 1 aliphatic rings. The Kier molecular flexibility index (Phi) is 4.85. The van der Waals surface area contributed by atoms with Crippen molar-refractivity contribution >= 4 is 15.7 Å². The van der Waals surface area contributed by atoms with E-state index in [4.69, 9.17) is 0 Å². The van der Waals surface area contributed by atoms with Gasteiger partial charge in [0.25, 0.3) is 10.0 Å². The molecule has 2 N–H and O–H groups in total. The van der Waals surface area contributed by atoms with Crippen molar-refractivity contribution < 1.29 is 8.42 Å². The first-order valence-electron chi connectivity index (χ1n) is 7.27. The van der Waals surface area contributed by atoms with Gasteiger partial charge in [0.2, 0.25) is 0 Å². The van der Waals surface area contributed by atoms with Gasteiger partial charge in [0.05, 0.1) is 5.69 Å². The molecular weight excluding hydrogens is 288 g/mol. The highest BCUT2D eigenvalue weighted by Gasteiger charge is 2.40. The van der Waals surface area contributed by atoms with Crippen molar-refractivity contribution in [1.29, 1.82) is 0 Å². The van der Waals surface area contributed by atoms with Gasteiger partial charge >= 0.3 is 0 Å². The van der Waals surface area contributed by atoms with Crippen molar-refractivity contribution in [1.82, 2.24) is 14.6 Å². The Hall–Kier alpha value is -1.18. The molecule has 1 saturated carbocycles. The van der Waals surface area contributed by atoms with Gasteiger partial charge in [-0.2, -0.15) is 0 Å². The normalized spacial score (nSPS) is 17.5. The highest BCUT2D eigenvalue weighted by molar-refractivity contribution is 7.89. The molecule has 0 atom stereocenters. The average molecular weight is 312 g/mol. The van der Waals surface area contributed by atoms with Crippen LogP contribution in [0.1, 0.15) is 26.2 Å². The zero-order valence-corrected chi connectivity index (χ0v) is 13.7. The van der Waals surface area contributed by atoms with E-state index in [0.29, 0.717) is 18.8 Å². The largest absolute Gasteiger partial charge is 0.383 e. The van der Waals surface area contributed by atoms with Gasteiger partial charge < -0.3 is 10.2 Å². The van der Waals surface area contributed by atoms with E-state index in [0.717, 1.165) is 19.3 Å². The van der Waals surface area contributed by atoms with Crippen LogP contribution in [0.15, 0.2) is 23.4 Å². The van der Waals surface area contributed by atoms with Gasteiger partial charge in [0.1, 0.15) is 0 Å². The van der Waals surface area contributed by atoms with Crippen LogP contribution >= 0.6 is 0 Å². The molecule has 0 amide bonds. The van der Waals surface area contributed by atoms with E-state index in [1.165, 1.54) is 6.20 Å². The lowest BCUT2D eigenvalue weighted by Crippen LogP contribution is -2.57. The minimum absolute atomic E-state index is 0.0554. The number of nitrogens with one attached hydrogen (secondary N) is 2. The molecule has 118 valence electrons. The van der Waals surface area contributed by atoms with Gasteiger partial charge in [0.15, 0.2) is 5.03 Å². The molecule has 1 aliphatic carbocycles. The number of nitrogens with zero attached hydrogens (tertiary/aromatic N) is 2. The van der Waals surface area contributed by atoms with Crippen LogP contribution in [-0.4, -0.2) is 51.0 Å². The van der Waals surface area contributed by atoms with Crippen molar-refractivity contribution in [2.45, 2.75) is 36.8 Å². The Labute approximate surface area is 127 Å². The number of likely N-dealkylation sites (N-methyl/N-ethyl adjacent to an activating group) is 1. The maximum Gasteiger partial charge on any atom is 0.260 e. The van der Waals surface area contributed by atoms with Crippen LogP contribution < -0.4 is 10.0 Å². The zero-order valence-electron chi connectivity index (χ0n) is 12.9. The van der Waals surface area contributed by atoms with E-state index < -0.39 is 10.0 Å². The quantitative estimate of drug-likeness (QED) is 0.793. The van der Waals surface area contributed by atoms with Crippen LogP contribution in [-0.2, 0) is 10.0 Å². The summed E-state index contributed by atoms with van der Waals surface area (Å²) in [6.45, 7) is 2.99. The van der Waals surface area contributed by atoms with Gasteiger partial charge in [-0.05, 0) is 52.4 Å². The van der Waals surface area contributed by atoms with E-state index in [1.807, 2.05) is 21.0 Å². The predicted octanol–water partition coefficient (Wildman–Crippen LogP) is 1.28. The van der Waals surface area contributed by atoms with Crippen molar-refractivity contribution in [2.24, 2.45) is 0 Å². The summed E-state index contributed by atoms with van der Waals surface area (Å²) in [5.41, 5.74) is 0.486. The molecular formula is C14H24N4O2S. The molecule has 21 heavy (non-hydrogen) atoms. The molecule has 6 nitrogen and oxygen atoms in total. The number of hydrogen-bond donors (Lipinski definition) is 2. The minimum atomic E-state index is -3.61. The molecule has 1 aromatic heterocycles. The lowest BCUT2D eigenvalue weighted by Gasteiger charge is -2.47. The Bertz CT molecular complexity index is 582. The van der Waals surface area contributed by atoms with Crippen molar-refractivity contribution in [3.05, 3.63) is 18.3 Å². The Balaban J connectivity index is 2.15. The Morgan fingerprint density at radius 3 is 2.62 bits per heavy atom. The fourth-order valence-corrected chi connectivity index (χ4v) is 3.82. The molecule has 0 aliphatic heterocycles. The summed E-state index contributed by atoms with van der Waals surface area (Å²) in [6, 6.07) is 3.46. The van der Waals surface area contributed by atoms with Gasteiger partial charge in [0, 0.05) is 24.8 Å². The summed E-state index contributed by atoms with van der Waals surface area (Å²) in [7, 11) is 0.390. The number of pyridine rings is 1. The molecule has 0 bridgehead atoms. The summed E-state index contributed by atoms with van der Waals surface area (Å²) in [5.74, 6) is 0. The first-order valence-corrected chi connectivity index (χ1v) is 8.75. The third-order valence-electron chi connectivity index (χ3n) is 4.22. The van der Waals surface area contributed by atoms with Gasteiger partial charge in [-0.3, -0.25) is 0 Å². The van der Waals surface area contributed by atoms with Crippen molar-refractivity contribution in [3.63, 3.8) is 0 Å². The van der Waals surface area contributed by atoms with Crippen molar-refractivity contribution in [3.8, 4) is 0 Å². The molecule has 7 heteroatoms. The maximum absolute atomic E-state index is 12.5. The van der Waals surface area contributed by atoms with Crippen LogP contribution in [0.25, 0.3) is 0 Å². The lowest BCUT2D eigenvalue weighted by atomic mass is 9.76. The molecule has 1 fully saturated rings. The maximum atomic E-state index is 12.5. The average Bonchev–Trinajstić information content (AvgIpc) is 2.37. The first kappa shape index (κ1) is 16.2. The zero-order chi connectivity index (χ0) is 15.5. The van der Waals surface area contributed by atoms with E-state index >= 15 is 0 Å². The second kappa shape index (κ2) is 6.29. The smallest absolute Gasteiger partial charge is 0.260 e. The van der Waals surface area contributed by atoms with Crippen LogP contribution in [0.3, 0.4) is 0 Å². The first-order chi connectivity index (χ1) is 9.91. The number of aromatic nitrogens is 1. The van der Waals surface area contributed by atoms with Crippen LogP contribution in [0, 0.1) is 0 Å². The number of anilines is 1. The highest BCUT2D eigenvalue weighted by Crippen LogP contribution is 2.35. The summed E-state index contributed by atoms with van der Waals surface area (Å²) in [5, 5.41) is 3.11. The fourth-order valence-electron chi connectivity index (χ4n) is 2.59. The van der Waals surface area contributed by atoms with Gasteiger partial charge in [-0.1, -0.05) is 0 Å². The van der Waals surface area contributed by atoms with Crippen LogP contribution in [0.4, 0.5) is 5.69 Å². The molecule has 1 heterocycles. The minimum Gasteiger partial charge on any atom is -0.383 e. The summed E-state index contributed by atoms with van der Waals surface area (Å²) >= 11 is 0. The summed E-state index contributed by atoms with van der Waals surface area (Å²) in [4.78, 5) is 6.15. The molecule has 0 spiro atoms. The number of sulfonamides is 1. The molecule has 0 radical (unpaired) electrons. The Morgan fingerprint density at radius 1 is 1.38 bits per heavy atom. The lowest BCUT2D eigenvalue weighted by molar-refractivity contribution is 0.0656. The predicted molar refractivity (Wildman–Crippen MR) is 83.9 cm³/mol. The van der Waals surface area contributed by atoms with Crippen LogP contribution in [0.5, 0.6) is 0 Å². The van der Waals surface area contributed by atoms with Gasteiger partial charge in [-0.25, -0.2) is 18.1 Å². The molecule has 1 aromatic rings. The topological polar surface area (TPSA) is 74.3 Å². The number of rotatable bonds is 7. The standard InChI is InChI=1S/C14H24N4O2S/c1-4-15-12-7-5-10-16-13(12)21(19,20)17-11-14(18(2)3)8-6-9-14/h5,7,10,15,17H,4,6,8-9,11H2,1-3H3. The van der Waals surface area contributed by atoms with Crippen LogP contribution in [0.2, 0.25) is 0 Å². The fraction of sp³-hybridized carbons (Fsp3) is 0.643. The number of hydrogen-bond acceptors (Lipinski definition) is 5. The second-order valence-corrected chi connectivity index (χ2v) is 7.37. The molecule has 0 saturated heterocycles. The monoisotopic (exact) mass is 312 g/mol. The third kappa shape index (κ3) is 3.36. The van der Waals surface area contributed by atoms with Gasteiger partial charge in [-0.15, -0.1) is 0 Å². The van der Waals surface area contributed by atoms with E-state index in [9.17, 15) is 8.42 Å². The summed E-state index contributed by atoms with van der Waals surface area (Å²) in [6.07, 6.45) is 4.68. The van der Waals surface area contributed by atoms with E-state index in [2.05, 4.69) is 19.9 Å². The second-order valence-electron chi connectivity index (χ2n) is 5.68. The highest BCUT2D eigenvalue weighted by atomic mass is 32.2. The molecule has 0 aromatic carbocycles. The van der Waals surface area contributed by atoms with E-state index in [-0.39, 0.29) is 10.6 Å². The summed E-state index contributed by atoms with van der Waals surface area (Å²) < 4.78 is 27.7. The molecule has 0 unspecified atom stereocenters.